The lowest BCUT2D eigenvalue weighted by molar-refractivity contribution is 0.237. The van der Waals surface area contributed by atoms with Gasteiger partial charge in [0.25, 0.3) is 0 Å². The molecule has 2 rings (SSSR count). The first kappa shape index (κ1) is 17.6. The van der Waals surface area contributed by atoms with E-state index < -0.39 is 0 Å². The molecule has 2 aromatic rings. The number of aryl methyl sites for hydroxylation is 2. The molecule has 23 heavy (non-hydrogen) atoms. The van der Waals surface area contributed by atoms with Crippen LogP contribution in [0, 0.1) is 13.8 Å². The second kappa shape index (κ2) is 8.80. The first-order valence-corrected chi connectivity index (χ1v) is 8.37. The van der Waals surface area contributed by atoms with Crippen molar-refractivity contribution in [1.82, 2.24) is 14.8 Å². The Morgan fingerprint density at radius 1 is 0.913 bits per heavy atom. The normalized spacial score (nSPS) is 11.4. The molecule has 0 aliphatic heterocycles. The fraction of sp³-hybridized carbons (Fsp3) is 0.450. The summed E-state index contributed by atoms with van der Waals surface area (Å²) in [6.45, 7) is 8.44. The third-order valence-corrected chi connectivity index (χ3v) is 4.17. The van der Waals surface area contributed by atoms with Crippen LogP contribution in [-0.2, 0) is 13.1 Å². The van der Waals surface area contributed by atoms with Gasteiger partial charge in [-0.1, -0.05) is 24.3 Å². The van der Waals surface area contributed by atoms with Crippen LogP contribution < -0.4 is 0 Å². The van der Waals surface area contributed by atoms with Crippen molar-refractivity contribution in [1.29, 1.82) is 0 Å². The smallest absolute Gasteiger partial charge is 0.0544 e. The summed E-state index contributed by atoms with van der Waals surface area (Å²) in [5.41, 5.74) is 5.25. The predicted octanol–water partition coefficient (Wildman–Crippen LogP) is 3.65. The highest BCUT2D eigenvalue weighted by atomic mass is 15.1. The summed E-state index contributed by atoms with van der Waals surface area (Å²) < 4.78 is 0. The molecule has 0 aliphatic carbocycles. The van der Waals surface area contributed by atoms with Gasteiger partial charge in [-0.05, 0) is 69.7 Å². The van der Waals surface area contributed by atoms with Gasteiger partial charge in [-0.25, -0.2) is 0 Å². The molecule has 0 aliphatic rings. The van der Waals surface area contributed by atoms with Crippen molar-refractivity contribution in [3.63, 3.8) is 0 Å². The number of benzene rings is 1. The van der Waals surface area contributed by atoms with Crippen LogP contribution >= 0.6 is 0 Å². The van der Waals surface area contributed by atoms with Gasteiger partial charge in [-0.3, -0.25) is 9.88 Å². The Bertz CT molecular complexity index is 593. The molecule has 1 heterocycles. The first-order chi connectivity index (χ1) is 11.0. The molecule has 0 bridgehead atoms. The Morgan fingerprint density at radius 2 is 1.74 bits per heavy atom. The summed E-state index contributed by atoms with van der Waals surface area (Å²) in [5.74, 6) is 0. The van der Waals surface area contributed by atoms with Crippen LogP contribution in [0.5, 0.6) is 0 Å². The van der Waals surface area contributed by atoms with Gasteiger partial charge in [-0.15, -0.1) is 0 Å². The maximum atomic E-state index is 4.48. The lowest BCUT2D eigenvalue weighted by Crippen LogP contribution is -2.27. The largest absolute Gasteiger partial charge is 0.309 e. The summed E-state index contributed by atoms with van der Waals surface area (Å²) >= 11 is 0. The minimum Gasteiger partial charge on any atom is -0.309 e. The first-order valence-electron chi connectivity index (χ1n) is 8.37. The van der Waals surface area contributed by atoms with Crippen molar-refractivity contribution in [2.75, 3.05) is 27.2 Å². The van der Waals surface area contributed by atoms with E-state index >= 15 is 0 Å². The molecular formula is C20H29N3. The van der Waals surface area contributed by atoms with Crippen LogP contribution in [0.3, 0.4) is 0 Å². The predicted molar refractivity (Wildman–Crippen MR) is 97.4 cm³/mol. The minimum atomic E-state index is 0.904. The molecule has 0 saturated heterocycles. The van der Waals surface area contributed by atoms with Crippen LogP contribution in [-0.4, -0.2) is 42.0 Å². The molecule has 3 nitrogen and oxygen atoms in total. The van der Waals surface area contributed by atoms with Crippen molar-refractivity contribution in [2.24, 2.45) is 0 Å². The summed E-state index contributed by atoms with van der Waals surface area (Å²) in [5, 5.41) is 0. The van der Waals surface area contributed by atoms with Gasteiger partial charge in [0.2, 0.25) is 0 Å². The lowest BCUT2D eigenvalue weighted by Gasteiger charge is -2.23. The van der Waals surface area contributed by atoms with E-state index in [0.29, 0.717) is 0 Å². The molecule has 1 aromatic carbocycles. The molecule has 0 fully saturated rings. The number of pyridine rings is 1. The monoisotopic (exact) mass is 311 g/mol. The highest BCUT2D eigenvalue weighted by Crippen LogP contribution is 2.14. The third kappa shape index (κ3) is 6.12. The van der Waals surface area contributed by atoms with Crippen molar-refractivity contribution in [2.45, 2.75) is 33.4 Å². The van der Waals surface area contributed by atoms with E-state index in [1.165, 1.54) is 23.1 Å². The lowest BCUT2D eigenvalue weighted by atomic mass is 10.1. The highest BCUT2D eigenvalue weighted by Gasteiger charge is 2.09. The number of nitrogens with zero attached hydrogens (tertiary/aromatic N) is 3. The Balaban J connectivity index is 2.03. The van der Waals surface area contributed by atoms with Gasteiger partial charge in [0.15, 0.2) is 0 Å². The Labute approximate surface area is 141 Å². The fourth-order valence-corrected chi connectivity index (χ4v) is 2.71. The molecule has 0 saturated carbocycles. The average Bonchev–Trinajstić information content (AvgIpc) is 2.51. The van der Waals surface area contributed by atoms with Gasteiger partial charge >= 0.3 is 0 Å². The molecule has 0 spiro atoms. The summed E-state index contributed by atoms with van der Waals surface area (Å²) in [7, 11) is 4.26. The van der Waals surface area contributed by atoms with Crippen LogP contribution in [0.15, 0.2) is 42.6 Å². The van der Waals surface area contributed by atoms with E-state index in [9.17, 15) is 0 Å². The topological polar surface area (TPSA) is 19.4 Å². The van der Waals surface area contributed by atoms with Gasteiger partial charge in [0, 0.05) is 25.8 Å². The molecular weight excluding hydrogens is 282 g/mol. The molecule has 0 radical (unpaired) electrons. The molecule has 0 amide bonds. The van der Waals surface area contributed by atoms with Crippen molar-refractivity contribution in [3.8, 4) is 0 Å². The zero-order valence-corrected chi connectivity index (χ0v) is 14.9. The maximum absolute atomic E-state index is 4.48. The molecule has 0 atom stereocenters. The zero-order chi connectivity index (χ0) is 16.7. The van der Waals surface area contributed by atoms with Gasteiger partial charge in [0.1, 0.15) is 0 Å². The molecule has 0 unspecified atom stereocenters. The van der Waals surface area contributed by atoms with Crippen LogP contribution in [0.2, 0.25) is 0 Å². The van der Waals surface area contributed by atoms with Gasteiger partial charge in [0.05, 0.1) is 5.69 Å². The molecule has 0 N–H and O–H groups in total. The standard InChI is InChI=1S/C20H29N3/c1-17-9-10-19(14-18(17)2)15-23(13-7-12-22(3)4)16-20-8-5-6-11-21-20/h5-6,8-11,14H,7,12-13,15-16H2,1-4H3. The Kier molecular flexibility index (Phi) is 6.75. The van der Waals surface area contributed by atoms with Crippen LogP contribution in [0.1, 0.15) is 28.8 Å². The summed E-state index contributed by atoms with van der Waals surface area (Å²) in [4.78, 5) is 9.22. The number of hydrogen-bond donors (Lipinski definition) is 0. The minimum absolute atomic E-state index is 0.904. The quantitative estimate of drug-likeness (QED) is 0.742. The van der Waals surface area contributed by atoms with Gasteiger partial charge in [-0.2, -0.15) is 0 Å². The number of aromatic nitrogens is 1. The molecule has 124 valence electrons. The Hall–Kier alpha value is -1.71. The van der Waals surface area contributed by atoms with Crippen molar-refractivity contribution in [3.05, 3.63) is 65.0 Å². The summed E-state index contributed by atoms with van der Waals surface area (Å²) in [6, 6.07) is 12.9. The van der Waals surface area contributed by atoms with Crippen LogP contribution in [0.25, 0.3) is 0 Å². The van der Waals surface area contributed by atoms with E-state index in [1.54, 1.807) is 0 Å². The third-order valence-electron chi connectivity index (χ3n) is 4.17. The van der Waals surface area contributed by atoms with E-state index in [-0.39, 0.29) is 0 Å². The zero-order valence-electron chi connectivity index (χ0n) is 14.9. The summed E-state index contributed by atoms with van der Waals surface area (Å²) in [6.07, 6.45) is 3.05. The van der Waals surface area contributed by atoms with Gasteiger partial charge < -0.3 is 4.90 Å². The van der Waals surface area contributed by atoms with Crippen LogP contribution in [0.4, 0.5) is 0 Å². The van der Waals surface area contributed by atoms with E-state index in [1.807, 2.05) is 12.3 Å². The number of rotatable bonds is 8. The SMILES string of the molecule is Cc1ccc(CN(CCCN(C)C)Cc2ccccn2)cc1C. The molecule has 3 heteroatoms. The maximum Gasteiger partial charge on any atom is 0.0544 e. The van der Waals surface area contributed by atoms with Crippen molar-refractivity contribution < 1.29 is 0 Å². The Morgan fingerprint density at radius 3 is 2.39 bits per heavy atom. The fourth-order valence-electron chi connectivity index (χ4n) is 2.71. The second-order valence-corrected chi connectivity index (χ2v) is 6.61. The number of hydrogen-bond acceptors (Lipinski definition) is 3. The molecule has 1 aromatic heterocycles. The second-order valence-electron chi connectivity index (χ2n) is 6.61. The van der Waals surface area contributed by atoms with E-state index in [4.69, 9.17) is 0 Å². The average molecular weight is 311 g/mol. The van der Waals surface area contributed by atoms with E-state index in [0.717, 1.165) is 31.9 Å². The van der Waals surface area contributed by atoms with Crippen molar-refractivity contribution >= 4 is 0 Å². The highest BCUT2D eigenvalue weighted by molar-refractivity contribution is 5.29. The van der Waals surface area contributed by atoms with E-state index in [2.05, 4.69) is 73.1 Å².